The van der Waals surface area contributed by atoms with Gasteiger partial charge in [-0.15, -0.1) is 0 Å². The molecular formula is C16H26N2O3. The van der Waals surface area contributed by atoms with Crippen molar-refractivity contribution in [2.24, 2.45) is 5.73 Å². The average molecular weight is 294 g/mol. The van der Waals surface area contributed by atoms with Crippen LogP contribution >= 0.6 is 0 Å². The van der Waals surface area contributed by atoms with Crippen LogP contribution in [-0.2, 0) is 0 Å². The highest BCUT2D eigenvalue weighted by atomic mass is 16.5. The highest BCUT2D eigenvalue weighted by Crippen LogP contribution is 2.40. The van der Waals surface area contributed by atoms with Crippen molar-refractivity contribution in [2.75, 3.05) is 34.9 Å². The van der Waals surface area contributed by atoms with Crippen molar-refractivity contribution in [1.82, 2.24) is 4.90 Å². The van der Waals surface area contributed by atoms with Crippen molar-refractivity contribution >= 4 is 0 Å². The summed E-state index contributed by atoms with van der Waals surface area (Å²) in [6.45, 7) is 0.541. The maximum absolute atomic E-state index is 6.04. The van der Waals surface area contributed by atoms with Crippen molar-refractivity contribution in [2.45, 2.75) is 31.3 Å². The topological polar surface area (TPSA) is 57.0 Å². The molecule has 1 saturated carbocycles. The fourth-order valence-electron chi connectivity index (χ4n) is 2.87. The smallest absolute Gasteiger partial charge is 0.164 e. The first kappa shape index (κ1) is 15.9. The summed E-state index contributed by atoms with van der Waals surface area (Å²) in [7, 11) is 7.07. The molecule has 0 aliphatic heterocycles. The predicted octanol–water partition coefficient (Wildman–Crippen LogP) is 2.20. The van der Waals surface area contributed by atoms with E-state index in [1.165, 1.54) is 19.3 Å². The maximum Gasteiger partial charge on any atom is 0.164 e. The molecule has 1 fully saturated rings. The Bertz CT molecular complexity index is 475. The van der Waals surface area contributed by atoms with E-state index < -0.39 is 0 Å². The summed E-state index contributed by atoms with van der Waals surface area (Å²) in [5.74, 6) is 2.16. The number of hydrogen-bond acceptors (Lipinski definition) is 5. The third-order valence-electron chi connectivity index (χ3n) is 4.46. The first-order valence-electron chi connectivity index (χ1n) is 7.38. The first-order valence-corrected chi connectivity index (χ1v) is 7.38. The molecule has 0 radical (unpaired) electrons. The van der Waals surface area contributed by atoms with Gasteiger partial charge in [-0.1, -0.05) is 6.42 Å². The summed E-state index contributed by atoms with van der Waals surface area (Å²) in [6, 6.07) is 4.57. The van der Waals surface area contributed by atoms with Gasteiger partial charge in [-0.25, -0.2) is 0 Å². The maximum atomic E-state index is 6.04. The van der Waals surface area contributed by atoms with Crippen LogP contribution in [0.25, 0.3) is 0 Å². The number of nitrogens with zero attached hydrogens (tertiary/aromatic N) is 1. The summed E-state index contributed by atoms with van der Waals surface area (Å²) in [5, 5.41) is 0. The zero-order valence-electron chi connectivity index (χ0n) is 13.4. The molecule has 5 nitrogen and oxygen atoms in total. The largest absolute Gasteiger partial charge is 0.496 e. The minimum absolute atomic E-state index is 0.116. The SMILES string of the molecule is COc1cc(OC)c(C(CN)N(C)C2CCC2)cc1OC. The molecule has 118 valence electrons. The lowest BCUT2D eigenvalue weighted by Crippen LogP contribution is -2.42. The fourth-order valence-corrected chi connectivity index (χ4v) is 2.87. The number of nitrogens with two attached hydrogens (primary N) is 1. The van der Waals surface area contributed by atoms with Gasteiger partial charge >= 0.3 is 0 Å². The number of hydrogen-bond donors (Lipinski definition) is 1. The van der Waals surface area contributed by atoms with Crippen LogP contribution in [0.4, 0.5) is 0 Å². The third kappa shape index (κ3) is 3.09. The van der Waals surface area contributed by atoms with E-state index in [1.807, 2.05) is 12.1 Å². The Morgan fingerprint density at radius 2 is 1.67 bits per heavy atom. The molecule has 21 heavy (non-hydrogen) atoms. The van der Waals surface area contributed by atoms with Crippen molar-refractivity contribution in [3.63, 3.8) is 0 Å². The van der Waals surface area contributed by atoms with E-state index in [2.05, 4.69) is 11.9 Å². The average Bonchev–Trinajstić information content (AvgIpc) is 2.45. The monoisotopic (exact) mass is 294 g/mol. The Labute approximate surface area is 127 Å². The van der Waals surface area contributed by atoms with E-state index in [4.69, 9.17) is 19.9 Å². The molecule has 1 aromatic rings. The Morgan fingerprint density at radius 3 is 2.10 bits per heavy atom. The van der Waals surface area contributed by atoms with Crippen LogP contribution in [-0.4, -0.2) is 45.9 Å². The number of methoxy groups -OCH3 is 3. The van der Waals surface area contributed by atoms with E-state index in [0.717, 1.165) is 11.3 Å². The second-order valence-corrected chi connectivity index (χ2v) is 5.45. The molecular weight excluding hydrogens is 268 g/mol. The normalized spacial score (nSPS) is 16.5. The Balaban J connectivity index is 2.38. The zero-order valence-corrected chi connectivity index (χ0v) is 13.4. The van der Waals surface area contributed by atoms with Gasteiger partial charge < -0.3 is 19.9 Å². The second kappa shape index (κ2) is 7.00. The molecule has 1 aliphatic rings. The van der Waals surface area contributed by atoms with Gasteiger partial charge in [0.15, 0.2) is 11.5 Å². The van der Waals surface area contributed by atoms with Crippen LogP contribution in [0.2, 0.25) is 0 Å². The molecule has 0 amide bonds. The molecule has 0 heterocycles. The van der Waals surface area contributed by atoms with Gasteiger partial charge in [-0.2, -0.15) is 0 Å². The summed E-state index contributed by atoms with van der Waals surface area (Å²) >= 11 is 0. The molecule has 0 saturated heterocycles. The highest BCUT2D eigenvalue weighted by Gasteiger charge is 2.30. The summed E-state index contributed by atoms with van der Waals surface area (Å²) in [5.41, 5.74) is 7.09. The van der Waals surface area contributed by atoms with E-state index in [1.54, 1.807) is 21.3 Å². The van der Waals surface area contributed by atoms with E-state index in [-0.39, 0.29) is 6.04 Å². The standard InChI is InChI=1S/C16H26N2O3/c1-18(11-6-5-7-11)13(10-17)12-8-15(20-3)16(21-4)9-14(12)19-2/h8-9,11,13H,5-7,10,17H2,1-4H3. The van der Waals surface area contributed by atoms with Crippen molar-refractivity contribution in [3.8, 4) is 17.2 Å². The molecule has 1 aromatic carbocycles. The summed E-state index contributed by atoms with van der Waals surface area (Å²) < 4.78 is 16.3. The van der Waals surface area contributed by atoms with Gasteiger partial charge in [0.1, 0.15) is 5.75 Å². The van der Waals surface area contributed by atoms with Gasteiger partial charge in [-0.3, -0.25) is 4.90 Å². The minimum Gasteiger partial charge on any atom is -0.496 e. The molecule has 2 N–H and O–H groups in total. The van der Waals surface area contributed by atoms with Gasteiger partial charge in [0.25, 0.3) is 0 Å². The number of rotatable bonds is 7. The van der Waals surface area contributed by atoms with Gasteiger partial charge in [0, 0.05) is 24.2 Å². The molecule has 0 spiro atoms. The molecule has 1 aliphatic carbocycles. The van der Waals surface area contributed by atoms with Crippen molar-refractivity contribution in [1.29, 1.82) is 0 Å². The van der Waals surface area contributed by atoms with Crippen LogP contribution < -0.4 is 19.9 Å². The van der Waals surface area contributed by atoms with Gasteiger partial charge in [0.05, 0.1) is 27.4 Å². The first-order chi connectivity index (χ1) is 10.2. The van der Waals surface area contributed by atoms with E-state index in [0.29, 0.717) is 24.1 Å². The van der Waals surface area contributed by atoms with Gasteiger partial charge in [-0.05, 0) is 26.0 Å². The minimum atomic E-state index is 0.116. The van der Waals surface area contributed by atoms with Crippen LogP contribution in [0.1, 0.15) is 30.9 Å². The lowest BCUT2D eigenvalue weighted by Gasteiger charge is -2.40. The Kier molecular flexibility index (Phi) is 5.31. The molecule has 0 aromatic heterocycles. The van der Waals surface area contributed by atoms with Crippen LogP contribution in [0.3, 0.4) is 0 Å². The Hall–Kier alpha value is -1.46. The molecule has 5 heteroatoms. The third-order valence-corrected chi connectivity index (χ3v) is 4.46. The highest BCUT2D eigenvalue weighted by molar-refractivity contribution is 5.52. The summed E-state index contributed by atoms with van der Waals surface area (Å²) in [6.07, 6.45) is 3.78. The molecule has 2 rings (SSSR count). The van der Waals surface area contributed by atoms with Crippen LogP contribution in [0.5, 0.6) is 17.2 Å². The lowest BCUT2D eigenvalue weighted by atomic mass is 9.89. The fraction of sp³-hybridized carbons (Fsp3) is 0.625. The lowest BCUT2D eigenvalue weighted by molar-refractivity contribution is 0.111. The zero-order chi connectivity index (χ0) is 15.4. The van der Waals surface area contributed by atoms with E-state index in [9.17, 15) is 0 Å². The Morgan fingerprint density at radius 1 is 1.10 bits per heavy atom. The molecule has 1 atom stereocenters. The number of ether oxygens (including phenoxy) is 3. The molecule has 1 unspecified atom stereocenters. The summed E-state index contributed by atoms with van der Waals surface area (Å²) in [4.78, 5) is 2.35. The predicted molar refractivity (Wildman–Crippen MR) is 83.3 cm³/mol. The van der Waals surface area contributed by atoms with Crippen LogP contribution in [0.15, 0.2) is 12.1 Å². The number of likely N-dealkylation sites (N-methyl/N-ethyl adjacent to an activating group) is 1. The van der Waals surface area contributed by atoms with Gasteiger partial charge in [0.2, 0.25) is 0 Å². The van der Waals surface area contributed by atoms with Crippen molar-refractivity contribution < 1.29 is 14.2 Å². The quantitative estimate of drug-likeness (QED) is 0.835. The second-order valence-electron chi connectivity index (χ2n) is 5.45. The number of benzene rings is 1. The van der Waals surface area contributed by atoms with Crippen molar-refractivity contribution in [3.05, 3.63) is 17.7 Å². The van der Waals surface area contributed by atoms with Crippen LogP contribution in [0, 0.1) is 0 Å². The molecule has 0 bridgehead atoms. The van der Waals surface area contributed by atoms with E-state index >= 15 is 0 Å².